The molecule has 2 aliphatic rings. The van der Waals surface area contributed by atoms with Crippen LogP contribution in [0.5, 0.6) is 0 Å². The molecule has 6 nitrogen and oxygen atoms in total. The lowest BCUT2D eigenvalue weighted by atomic mass is 10.1. The van der Waals surface area contributed by atoms with Gasteiger partial charge in [-0.05, 0) is 44.8 Å². The third-order valence-electron chi connectivity index (χ3n) is 5.89. The molecule has 0 bridgehead atoms. The van der Waals surface area contributed by atoms with E-state index in [1.54, 1.807) is 0 Å². The Labute approximate surface area is 169 Å². The lowest BCUT2D eigenvalue weighted by Gasteiger charge is -2.36. The minimum absolute atomic E-state index is 0.0845. The van der Waals surface area contributed by atoms with E-state index in [9.17, 15) is 4.79 Å². The van der Waals surface area contributed by atoms with Crippen molar-refractivity contribution in [2.24, 2.45) is 0 Å². The summed E-state index contributed by atoms with van der Waals surface area (Å²) in [6.45, 7) is 8.66. The minimum atomic E-state index is 0.0845. The fourth-order valence-corrected chi connectivity index (χ4v) is 4.04. The Balaban J connectivity index is 1.45. The van der Waals surface area contributed by atoms with E-state index in [0.717, 1.165) is 78.2 Å². The molecule has 0 radical (unpaired) electrons. The lowest BCUT2D eigenvalue weighted by Crippen LogP contribution is -2.50. The second-order valence-electron chi connectivity index (χ2n) is 8.00. The maximum absolute atomic E-state index is 12.9. The van der Waals surface area contributed by atoms with Crippen molar-refractivity contribution in [2.75, 3.05) is 66.1 Å². The fourth-order valence-electron chi connectivity index (χ4n) is 4.04. The van der Waals surface area contributed by atoms with Gasteiger partial charge in [0.05, 0.1) is 0 Å². The van der Waals surface area contributed by atoms with Crippen LogP contribution in [0.1, 0.15) is 24.8 Å². The van der Waals surface area contributed by atoms with Crippen LogP contribution in [0.4, 0.5) is 4.79 Å². The number of hydrogen-bond acceptors (Lipinski definition) is 4. The molecule has 1 aromatic carbocycles. The number of piperazine rings is 1. The molecule has 1 N–H and O–H groups in total. The smallest absolute Gasteiger partial charge is 0.317 e. The molecule has 2 amide bonds. The Morgan fingerprint density at radius 3 is 2.57 bits per heavy atom. The van der Waals surface area contributed by atoms with Crippen molar-refractivity contribution in [2.45, 2.75) is 31.7 Å². The Kier molecular flexibility index (Phi) is 8.58. The van der Waals surface area contributed by atoms with E-state index in [0.29, 0.717) is 12.6 Å². The number of nitrogens with one attached hydrogen (secondary N) is 1. The van der Waals surface area contributed by atoms with Crippen LogP contribution in [0.15, 0.2) is 30.3 Å². The van der Waals surface area contributed by atoms with Crippen LogP contribution in [0.25, 0.3) is 0 Å². The van der Waals surface area contributed by atoms with Crippen LogP contribution in [-0.4, -0.2) is 92.8 Å². The zero-order valence-electron chi connectivity index (χ0n) is 17.3. The molecule has 156 valence electrons. The number of likely N-dealkylation sites (N-methyl/N-ethyl adjacent to an activating group) is 1. The van der Waals surface area contributed by atoms with Crippen LogP contribution in [-0.2, 0) is 11.2 Å². The molecule has 2 saturated heterocycles. The number of amides is 2. The summed E-state index contributed by atoms with van der Waals surface area (Å²) >= 11 is 0. The van der Waals surface area contributed by atoms with Gasteiger partial charge < -0.3 is 24.8 Å². The largest absolute Gasteiger partial charge is 0.381 e. The van der Waals surface area contributed by atoms with E-state index in [1.807, 2.05) is 18.2 Å². The first-order valence-corrected chi connectivity index (χ1v) is 10.8. The fraction of sp³-hybridized carbons (Fsp3) is 0.682. The highest BCUT2D eigenvalue weighted by Gasteiger charge is 2.25. The molecule has 6 heteroatoms. The number of ether oxygens (including phenoxy) is 1. The van der Waals surface area contributed by atoms with E-state index >= 15 is 0 Å². The molecular weight excluding hydrogens is 352 g/mol. The van der Waals surface area contributed by atoms with Gasteiger partial charge in [-0.15, -0.1) is 0 Å². The first kappa shape index (κ1) is 21.1. The minimum Gasteiger partial charge on any atom is -0.381 e. The second-order valence-corrected chi connectivity index (χ2v) is 8.00. The number of benzene rings is 1. The van der Waals surface area contributed by atoms with Crippen LogP contribution in [0, 0.1) is 0 Å². The molecule has 2 aliphatic heterocycles. The summed E-state index contributed by atoms with van der Waals surface area (Å²) in [5, 5.41) is 3.15. The van der Waals surface area contributed by atoms with E-state index in [-0.39, 0.29) is 6.03 Å². The molecular formula is C22H36N4O2. The number of nitrogens with zero attached hydrogens (tertiary/aromatic N) is 3. The molecule has 0 saturated carbocycles. The zero-order valence-corrected chi connectivity index (χ0v) is 17.3. The lowest BCUT2D eigenvalue weighted by molar-refractivity contribution is 0.0443. The SMILES string of the molecule is CN1CCN(CCCN(C(=O)NCCc2ccccc2)C2CCOCC2)CC1. The highest BCUT2D eigenvalue weighted by molar-refractivity contribution is 5.74. The number of urea groups is 1. The molecule has 1 aromatic rings. The molecule has 0 aromatic heterocycles. The van der Waals surface area contributed by atoms with Crippen molar-refractivity contribution in [1.82, 2.24) is 20.0 Å². The number of rotatable bonds is 8. The summed E-state index contributed by atoms with van der Waals surface area (Å²) in [6.07, 6.45) is 3.80. The Morgan fingerprint density at radius 1 is 1.14 bits per heavy atom. The van der Waals surface area contributed by atoms with Crippen LogP contribution >= 0.6 is 0 Å². The van der Waals surface area contributed by atoms with E-state index in [2.05, 4.69) is 39.2 Å². The second kappa shape index (κ2) is 11.4. The van der Waals surface area contributed by atoms with Crippen LogP contribution in [0.3, 0.4) is 0 Å². The summed E-state index contributed by atoms with van der Waals surface area (Å²) in [5.41, 5.74) is 1.26. The van der Waals surface area contributed by atoms with E-state index in [1.165, 1.54) is 5.56 Å². The summed E-state index contributed by atoms with van der Waals surface area (Å²) in [4.78, 5) is 19.9. The first-order chi connectivity index (χ1) is 13.7. The number of carbonyl (C=O) groups excluding carboxylic acids is 1. The van der Waals surface area contributed by atoms with Gasteiger partial charge in [-0.1, -0.05) is 30.3 Å². The van der Waals surface area contributed by atoms with E-state index < -0.39 is 0 Å². The highest BCUT2D eigenvalue weighted by Crippen LogP contribution is 2.15. The molecule has 2 heterocycles. The van der Waals surface area contributed by atoms with Crippen molar-refractivity contribution in [3.05, 3.63) is 35.9 Å². The molecule has 28 heavy (non-hydrogen) atoms. The quantitative estimate of drug-likeness (QED) is 0.741. The van der Waals surface area contributed by atoms with Gasteiger partial charge in [-0.3, -0.25) is 0 Å². The summed E-state index contributed by atoms with van der Waals surface area (Å²) < 4.78 is 5.51. The topological polar surface area (TPSA) is 48.0 Å². The molecule has 2 fully saturated rings. The summed E-state index contributed by atoms with van der Waals surface area (Å²) in [6, 6.07) is 10.7. The Hall–Kier alpha value is -1.63. The average molecular weight is 389 g/mol. The predicted molar refractivity (Wildman–Crippen MR) is 113 cm³/mol. The van der Waals surface area contributed by atoms with Gasteiger partial charge in [0.25, 0.3) is 0 Å². The first-order valence-electron chi connectivity index (χ1n) is 10.8. The van der Waals surface area contributed by atoms with Gasteiger partial charge >= 0.3 is 6.03 Å². The maximum Gasteiger partial charge on any atom is 0.317 e. The third-order valence-corrected chi connectivity index (χ3v) is 5.89. The molecule has 0 atom stereocenters. The average Bonchev–Trinajstić information content (AvgIpc) is 2.74. The van der Waals surface area contributed by atoms with Crippen molar-refractivity contribution >= 4 is 6.03 Å². The van der Waals surface area contributed by atoms with Crippen molar-refractivity contribution < 1.29 is 9.53 Å². The Morgan fingerprint density at radius 2 is 1.86 bits per heavy atom. The maximum atomic E-state index is 12.9. The van der Waals surface area contributed by atoms with Gasteiger partial charge in [-0.2, -0.15) is 0 Å². The van der Waals surface area contributed by atoms with Crippen molar-refractivity contribution in [3.8, 4) is 0 Å². The third kappa shape index (κ3) is 6.76. The van der Waals surface area contributed by atoms with Gasteiger partial charge in [0.2, 0.25) is 0 Å². The van der Waals surface area contributed by atoms with Gasteiger partial charge in [0.1, 0.15) is 0 Å². The normalized spacial score (nSPS) is 19.5. The summed E-state index contributed by atoms with van der Waals surface area (Å²) in [5.74, 6) is 0. The predicted octanol–water partition coefficient (Wildman–Crippen LogP) is 2.06. The van der Waals surface area contributed by atoms with Crippen molar-refractivity contribution in [1.29, 1.82) is 0 Å². The number of hydrogen-bond donors (Lipinski definition) is 1. The molecule has 0 aliphatic carbocycles. The zero-order chi connectivity index (χ0) is 19.6. The number of carbonyl (C=O) groups is 1. The van der Waals surface area contributed by atoms with Gasteiger partial charge in [0.15, 0.2) is 0 Å². The van der Waals surface area contributed by atoms with Gasteiger partial charge in [-0.25, -0.2) is 4.79 Å². The molecule has 0 unspecified atom stereocenters. The molecule has 3 rings (SSSR count). The molecule has 0 spiro atoms. The van der Waals surface area contributed by atoms with Crippen LogP contribution < -0.4 is 5.32 Å². The standard InChI is InChI=1S/C22H36N4O2/c1-24-14-16-25(17-15-24)12-5-13-26(21-9-18-28-19-10-21)22(27)23-11-8-20-6-3-2-4-7-20/h2-4,6-7,21H,5,8-19H2,1H3,(H,23,27). The Bertz CT molecular complexity index is 569. The summed E-state index contributed by atoms with van der Waals surface area (Å²) in [7, 11) is 2.18. The highest BCUT2D eigenvalue weighted by atomic mass is 16.5. The monoisotopic (exact) mass is 388 g/mol. The van der Waals surface area contributed by atoms with E-state index in [4.69, 9.17) is 4.74 Å². The van der Waals surface area contributed by atoms with Gasteiger partial charge in [0, 0.05) is 58.5 Å². The van der Waals surface area contributed by atoms with Crippen LogP contribution in [0.2, 0.25) is 0 Å². The van der Waals surface area contributed by atoms with Crippen molar-refractivity contribution in [3.63, 3.8) is 0 Å².